The van der Waals surface area contributed by atoms with Crippen molar-refractivity contribution >= 4 is 34.3 Å². The van der Waals surface area contributed by atoms with Crippen LogP contribution in [-0.2, 0) is 20.9 Å². The maximum Gasteiger partial charge on any atom is 0.270 e. The molecule has 1 unspecified atom stereocenters. The van der Waals surface area contributed by atoms with Gasteiger partial charge in [0.25, 0.3) is 11.8 Å². The van der Waals surface area contributed by atoms with Gasteiger partial charge in [0.15, 0.2) is 0 Å². The molecule has 0 aromatic heterocycles. The summed E-state index contributed by atoms with van der Waals surface area (Å²) in [7, 11) is 1.66. The highest BCUT2D eigenvalue weighted by Gasteiger charge is 2.39. The SMILES string of the molecule is CN1C(=O)C(N2CCC(C(Cl)=NCc3ccccc3)=C(N)C2=O)COc2cc(C#CCOC(C)(C)C)ccc21. The largest absolute Gasteiger partial charge is 0.489 e. The average Bonchev–Trinajstić information content (AvgIpc) is 3.03. The maximum atomic E-state index is 13.4. The Hall–Kier alpha value is -3.80. The normalized spacial score (nSPS) is 18.3. The Morgan fingerprint density at radius 1 is 1.21 bits per heavy atom. The van der Waals surface area contributed by atoms with E-state index in [-0.39, 0.29) is 35.5 Å². The van der Waals surface area contributed by atoms with Crippen molar-refractivity contribution in [2.75, 3.05) is 31.7 Å². The zero-order valence-electron chi connectivity index (χ0n) is 22.7. The minimum atomic E-state index is -0.843. The lowest BCUT2D eigenvalue weighted by Gasteiger charge is -2.34. The number of halogens is 1. The molecule has 2 aliphatic rings. The summed E-state index contributed by atoms with van der Waals surface area (Å²) in [5.74, 6) is 5.86. The number of amides is 2. The third-order valence-electron chi connectivity index (χ3n) is 6.43. The molecule has 2 N–H and O–H groups in total. The first kappa shape index (κ1) is 28.2. The van der Waals surface area contributed by atoms with Crippen LogP contribution in [-0.4, -0.2) is 60.3 Å². The van der Waals surface area contributed by atoms with Crippen LogP contribution in [0.1, 0.15) is 38.3 Å². The van der Waals surface area contributed by atoms with Crippen LogP contribution in [0.4, 0.5) is 5.69 Å². The fourth-order valence-corrected chi connectivity index (χ4v) is 4.54. The molecule has 2 aromatic carbocycles. The highest BCUT2D eigenvalue weighted by molar-refractivity contribution is 6.69. The standard InChI is InChI=1S/C30H33ClN4O4/c1-30(2,3)39-16-8-11-20-12-13-23-25(17-20)38-19-24(28(36)34(23)4)35-15-14-22(26(32)29(35)37)27(31)33-18-21-9-6-5-7-10-21/h5-7,9-10,12-13,17,24H,14-16,18-19,32H2,1-4H3. The van der Waals surface area contributed by atoms with Crippen LogP contribution >= 0.6 is 11.6 Å². The zero-order valence-corrected chi connectivity index (χ0v) is 23.4. The van der Waals surface area contributed by atoms with Crippen LogP contribution in [0.15, 0.2) is 64.8 Å². The smallest absolute Gasteiger partial charge is 0.270 e. The monoisotopic (exact) mass is 548 g/mol. The molecule has 204 valence electrons. The molecule has 0 bridgehead atoms. The molecule has 9 heteroatoms. The van der Waals surface area contributed by atoms with Crippen molar-refractivity contribution in [1.29, 1.82) is 0 Å². The molecule has 2 aliphatic heterocycles. The molecule has 2 aromatic rings. The van der Waals surface area contributed by atoms with Crippen molar-refractivity contribution < 1.29 is 19.1 Å². The van der Waals surface area contributed by atoms with E-state index in [1.165, 1.54) is 9.80 Å². The minimum Gasteiger partial charge on any atom is -0.489 e. The van der Waals surface area contributed by atoms with E-state index < -0.39 is 11.9 Å². The maximum absolute atomic E-state index is 13.4. The first-order valence-corrected chi connectivity index (χ1v) is 13.1. The van der Waals surface area contributed by atoms with E-state index in [4.69, 9.17) is 26.8 Å². The zero-order chi connectivity index (χ0) is 28.2. The predicted octanol–water partition coefficient (Wildman–Crippen LogP) is 3.86. The molecule has 0 saturated carbocycles. The van der Waals surface area contributed by atoms with Crippen LogP contribution in [0, 0.1) is 11.8 Å². The van der Waals surface area contributed by atoms with Crippen LogP contribution in [0.5, 0.6) is 5.75 Å². The second-order valence-electron chi connectivity index (χ2n) is 10.3. The average molecular weight is 549 g/mol. The summed E-state index contributed by atoms with van der Waals surface area (Å²) in [6, 6.07) is 14.2. The minimum absolute atomic E-state index is 0.00434. The molecule has 2 amide bonds. The van der Waals surface area contributed by atoms with E-state index in [0.29, 0.717) is 36.6 Å². The van der Waals surface area contributed by atoms with Gasteiger partial charge in [-0.1, -0.05) is 53.8 Å². The summed E-state index contributed by atoms with van der Waals surface area (Å²) in [6.07, 6.45) is 0.380. The number of carbonyl (C=O) groups excluding carboxylic acids is 2. The molecule has 2 heterocycles. The summed E-state index contributed by atoms with van der Waals surface area (Å²) in [5.41, 5.74) is 8.78. The fourth-order valence-electron chi connectivity index (χ4n) is 4.28. The van der Waals surface area contributed by atoms with Gasteiger partial charge in [-0.15, -0.1) is 0 Å². The van der Waals surface area contributed by atoms with E-state index >= 15 is 0 Å². The Balaban J connectivity index is 1.48. The van der Waals surface area contributed by atoms with Crippen molar-refractivity contribution in [1.82, 2.24) is 4.90 Å². The molecular formula is C30H33ClN4O4. The summed E-state index contributed by atoms with van der Waals surface area (Å²) in [6.45, 7) is 6.85. The number of carbonyl (C=O) groups is 2. The van der Waals surface area contributed by atoms with Crippen molar-refractivity contribution in [2.45, 2.75) is 45.4 Å². The number of hydrogen-bond acceptors (Lipinski definition) is 6. The summed E-state index contributed by atoms with van der Waals surface area (Å²) in [4.78, 5) is 34.1. The topological polar surface area (TPSA) is 97.5 Å². The van der Waals surface area contributed by atoms with Gasteiger partial charge in [0.1, 0.15) is 35.9 Å². The Morgan fingerprint density at radius 3 is 2.67 bits per heavy atom. The van der Waals surface area contributed by atoms with Gasteiger partial charge in [-0.3, -0.25) is 14.6 Å². The lowest BCUT2D eigenvalue weighted by Crippen LogP contribution is -2.55. The number of ether oxygens (including phenoxy) is 2. The van der Waals surface area contributed by atoms with E-state index in [9.17, 15) is 9.59 Å². The lowest BCUT2D eigenvalue weighted by molar-refractivity contribution is -0.137. The van der Waals surface area contributed by atoms with Crippen LogP contribution in [0.3, 0.4) is 0 Å². The van der Waals surface area contributed by atoms with Gasteiger partial charge in [0.2, 0.25) is 0 Å². The molecule has 39 heavy (non-hydrogen) atoms. The number of nitrogens with two attached hydrogens (primary N) is 1. The Labute approximate surface area is 234 Å². The molecule has 4 rings (SSSR count). The highest BCUT2D eigenvalue weighted by Crippen LogP contribution is 2.33. The van der Waals surface area contributed by atoms with Gasteiger partial charge in [0.05, 0.1) is 17.8 Å². The van der Waals surface area contributed by atoms with Crippen LogP contribution in [0.2, 0.25) is 0 Å². The van der Waals surface area contributed by atoms with Crippen molar-refractivity contribution in [3.8, 4) is 17.6 Å². The summed E-state index contributed by atoms with van der Waals surface area (Å²) in [5, 5.41) is 0.207. The number of likely N-dealkylation sites (N-methyl/N-ethyl adjacent to an activating group) is 1. The van der Waals surface area contributed by atoms with Gasteiger partial charge < -0.3 is 25.0 Å². The summed E-state index contributed by atoms with van der Waals surface area (Å²) < 4.78 is 11.7. The third kappa shape index (κ3) is 6.80. The molecule has 1 atom stereocenters. The van der Waals surface area contributed by atoms with Gasteiger partial charge in [-0.05, 0) is 51.0 Å². The van der Waals surface area contributed by atoms with E-state index in [1.807, 2.05) is 57.2 Å². The second kappa shape index (κ2) is 11.9. The van der Waals surface area contributed by atoms with Crippen molar-refractivity contribution in [2.24, 2.45) is 10.7 Å². The Kier molecular flexibility index (Phi) is 8.63. The number of anilines is 1. The molecule has 0 aliphatic carbocycles. The summed E-state index contributed by atoms with van der Waals surface area (Å²) >= 11 is 6.45. The third-order valence-corrected chi connectivity index (χ3v) is 6.78. The molecule has 8 nitrogen and oxygen atoms in total. The number of rotatable bonds is 5. The van der Waals surface area contributed by atoms with Gasteiger partial charge in [-0.2, -0.15) is 0 Å². The second-order valence-corrected chi connectivity index (χ2v) is 10.7. The van der Waals surface area contributed by atoms with E-state index in [1.54, 1.807) is 19.2 Å². The van der Waals surface area contributed by atoms with E-state index in [2.05, 4.69) is 16.8 Å². The first-order valence-electron chi connectivity index (χ1n) is 12.8. The lowest BCUT2D eigenvalue weighted by atomic mass is 10.0. The number of aliphatic imine (C=N–C) groups is 1. The molecule has 0 spiro atoms. The fraction of sp³-hybridized carbons (Fsp3) is 0.367. The molecule has 0 saturated heterocycles. The number of nitrogens with zero attached hydrogens (tertiary/aromatic N) is 3. The van der Waals surface area contributed by atoms with Crippen molar-refractivity contribution in [3.05, 3.63) is 70.9 Å². The predicted molar refractivity (Wildman–Crippen MR) is 153 cm³/mol. The quantitative estimate of drug-likeness (QED) is 0.452. The van der Waals surface area contributed by atoms with Gasteiger partial charge in [-0.25, -0.2) is 0 Å². The number of fused-ring (bicyclic) bond motifs is 1. The van der Waals surface area contributed by atoms with Crippen molar-refractivity contribution in [3.63, 3.8) is 0 Å². The molecule has 0 radical (unpaired) electrons. The number of benzene rings is 2. The Morgan fingerprint density at radius 2 is 1.95 bits per heavy atom. The van der Waals surface area contributed by atoms with E-state index in [0.717, 1.165) is 11.1 Å². The molecular weight excluding hydrogens is 516 g/mol. The van der Waals surface area contributed by atoms with Crippen LogP contribution in [0.25, 0.3) is 0 Å². The van der Waals surface area contributed by atoms with Gasteiger partial charge in [0, 0.05) is 24.7 Å². The molecule has 0 fully saturated rings. The number of hydrogen-bond donors (Lipinski definition) is 1. The van der Waals surface area contributed by atoms with Crippen LogP contribution < -0.4 is 15.4 Å². The van der Waals surface area contributed by atoms with Gasteiger partial charge >= 0.3 is 0 Å². The Bertz CT molecular complexity index is 1370. The highest BCUT2D eigenvalue weighted by atomic mass is 35.5. The first-order chi connectivity index (χ1) is 18.5.